The standard InChI is InChI=1S/C11H15N.ClH/c1-11(8-12)7-6-9-4-2-3-5-10(9)11;/h2-5H,6-8,12H2,1H3;1H. The van der Waals surface area contributed by atoms with E-state index in [1.807, 2.05) is 0 Å². The fourth-order valence-electron chi connectivity index (χ4n) is 2.08. The highest BCUT2D eigenvalue weighted by molar-refractivity contribution is 5.85. The summed E-state index contributed by atoms with van der Waals surface area (Å²) in [7, 11) is 0. The fourth-order valence-corrected chi connectivity index (χ4v) is 2.08. The Bertz CT molecular complexity index is 298. The van der Waals surface area contributed by atoms with E-state index in [0.29, 0.717) is 0 Å². The maximum absolute atomic E-state index is 5.78. The van der Waals surface area contributed by atoms with Gasteiger partial charge in [0.25, 0.3) is 0 Å². The molecule has 0 saturated heterocycles. The van der Waals surface area contributed by atoms with Crippen molar-refractivity contribution in [3.8, 4) is 0 Å². The van der Waals surface area contributed by atoms with E-state index in [9.17, 15) is 0 Å². The van der Waals surface area contributed by atoms with E-state index >= 15 is 0 Å². The lowest BCUT2D eigenvalue weighted by molar-refractivity contribution is 0.482. The number of hydrogen-bond donors (Lipinski definition) is 1. The zero-order chi connectivity index (χ0) is 8.60. The predicted octanol–water partition coefficient (Wildman–Crippen LogP) is 2.27. The molecule has 1 aromatic rings. The van der Waals surface area contributed by atoms with Crippen LogP contribution in [0.2, 0.25) is 0 Å². The van der Waals surface area contributed by atoms with Gasteiger partial charge in [0.2, 0.25) is 0 Å². The van der Waals surface area contributed by atoms with E-state index in [-0.39, 0.29) is 17.8 Å². The Morgan fingerprint density at radius 1 is 1.38 bits per heavy atom. The Labute approximate surface area is 85.7 Å². The average molecular weight is 198 g/mol. The van der Waals surface area contributed by atoms with Gasteiger partial charge in [-0.2, -0.15) is 0 Å². The lowest BCUT2D eigenvalue weighted by atomic mass is 9.84. The highest BCUT2D eigenvalue weighted by atomic mass is 35.5. The zero-order valence-electron chi connectivity index (χ0n) is 7.92. The Kier molecular flexibility index (Phi) is 2.99. The van der Waals surface area contributed by atoms with Crippen LogP contribution >= 0.6 is 12.4 Å². The smallest absolute Gasteiger partial charge is 0.00532 e. The molecule has 2 N–H and O–H groups in total. The van der Waals surface area contributed by atoms with Crippen molar-refractivity contribution >= 4 is 12.4 Å². The molecule has 2 rings (SSSR count). The molecule has 0 aliphatic heterocycles. The predicted molar refractivity (Wildman–Crippen MR) is 58.4 cm³/mol. The van der Waals surface area contributed by atoms with Gasteiger partial charge in [-0.05, 0) is 24.0 Å². The van der Waals surface area contributed by atoms with Crippen LogP contribution in [-0.4, -0.2) is 6.54 Å². The molecule has 1 unspecified atom stereocenters. The molecule has 0 spiro atoms. The van der Waals surface area contributed by atoms with E-state index in [1.165, 1.54) is 24.0 Å². The molecule has 1 aliphatic carbocycles. The Balaban J connectivity index is 0.000000845. The third kappa shape index (κ3) is 1.59. The van der Waals surface area contributed by atoms with Gasteiger partial charge in [0.05, 0.1) is 0 Å². The molecule has 0 fully saturated rings. The number of benzene rings is 1. The summed E-state index contributed by atoms with van der Waals surface area (Å²) in [5, 5.41) is 0. The molecule has 0 aromatic heterocycles. The van der Waals surface area contributed by atoms with Gasteiger partial charge in [0, 0.05) is 12.0 Å². The van der Waals surface area contributed by atoms with Crippen LogP contribution in [0, 0.1) is 0 Å². The second kappa shape index (κ2) is 3.69. The summed E-state index contributed by atoms with van der Waals surface area (Å²) in [6.45, 7) is 3.03. The second-order valence-electron chi connectivity index (χ2n) is 3.92. The molecular formula is C11H16ClN. The Hall–Kier alpha value is -0.530. The summed E-state index contributed by atoms with van der Waals surface area (Å²) in [6, 6.07) is 8.66. The quantitative estimate of drug-likeness (QED) is 0.735. The van der Waals surface area contributed by atoms with E-state index < -0.39 is 0 Å². The number of halogens is 1. The van der Waals surface area contributed by atoms with Crippen LogP contribution in [0.4, 0.5) is 0 Å². The van der Waals surface area contributed by atoms with Gasteiger partial charge < -0.3 is 5.73 Å². The van der Waals surface area contributed by atoms with Gasteiger partial charge in [-0.3, -0.25) is 0 Å². The molecule has 0 heterocycles. The Morgan fingerprint density at radius 3 is 2.77 bits per heavy atom. The lowest BCUT2D eigenvalue weighted by Crippen LogP contribution is -2.28. The van der Waals surface area contributed by atoms with Crippen molar-refractivity contribution in [2.75, 3.05) is 6.54 Å². The summed E-state index contributed by atoms with van der Waals surface area (Å²) in [5.74, 6) is 0. The third-order valence-electron chi connectivity index (χ3n) is 3.06. The SMILES string of the molecule is CC1(CN)CCc2ccccc21.Cl. The number of nitrogens with two attached hydrogens (primary N) is 1. The number of hydrogen-bond acceptors (Lipinski definition) is 1. The van der Waals surface area contributed by atoms with Crippen LogP contribution in [0.5, 0.6) is 0 Å². The molecular weight excluding hydrogens is 182 g/mol. The first-order chi connectivity index (χ1) is 5.76. The minimum Gasteiger partial charge on any atom is -0.330 e. The third-order valence-corrected chi connectivity index (χ3v) is 3.06. The lowest BCUT2D eigenvalue weighted by Gasteiger charge is -2.22. The first-order valence-corrected chi connectivity index (χ1v) is 4.55. The summed E-state index contributed by atoms with van der Waals surface area (Å²) < 4.78 is 0. The molecule has 1 aromatic carbocycles. The van der Waals surface area contributed by atoms with Crippen molar-refractivity contribution in [2.24, 2.45) is 5.73 Å². The van der Waals surface area contributed by atoms with Gasteiger partial charge in [0.15, 0.2) is 0 Å². The molecule has 72 valence electrons. The van der Waals surface area contributed by atoms with Crippen LogP contribution in [0.25, 0.3) is 0 Å². The zero-order valence-corrected chi connectivity index (χ0v) is 8.73. The molecule has 0 saturated carbocycles. The van der Waals surface area contributed by atoms with Crippen LogP contribution in [0.15, 0.2) is 24.3 Å². The minimum absolute atomic E-state index is 0. The van der Waals surface area contributed by atoms with Crippen molar-refractivity contribution in [1.29, 1.82) is 0 Å². The van der Waals surface area contributed by atoms with Crippen LogP contribution in [-0.2, 0) is 11.8 Å². The Morgan fingerprint density at radius 2 is 2.08 bits per heavy atom. The summed E-state index contributed by atoms with van der Waals surface area (Å²) in [6.07, 6.45) is 2.41. The summed E-state index contributed by atoms with van der Waals surface area (Å²) in [5.41, 5.74) is 8.99. The molecule has 1 aliphatic rings. The van der Waals surface area contributed by atoms with Gasteiger partial charge in [-0.25, -0.2) is 0 Å². The highest BCUT2D eigenvalue weighted by Crippen LogP contribution is 2.37. The van der Waals surface area contributed by atoms with Crippen LogP contribution in [0.3, 0.4) is 0 Å². The topological polar surface area (TPSA) is 26.0 Å². The van der Waals surface area contributed by atoms with Crippen molar-refractivity contribution in [3.63, 3.8) is 0 Å². The van der Waals surface area contributed by atoms with Crippen LogP contribution in [0.1, 0.15) is 24.5 Å². The van der Waals surface area contributed by atoms with Crippen molar-refractivity contribution in [3.05, 3.63) is 35.4 Å². The van der Waals surface area contributed by atoms with E-state index in [1.54, 1.807) is 0 Å². The first kappa shape index (κ1) is 10.6. The largest absolute Gasteiger partial charge is 0.330 e. The summed E-state index contributed by atoms with van der Waals surface area (Å²) in [4.78, 5) is 0. The van der Waals surface area contributed by atoms with Gasteiger partial charge >= 0.3 is 0 Å². The van der Waals surface area contributed by atoms with Crippen molar-refractivity contribution in [1.82, 2.24) is 0 Å². The van der Waals surface area contributed by atoms with E-state index in [2.05, 4.69) is 31.2 Å². The number of fused-ring (bicyclic) bond motifs is 1. The molecule has 2 heteroatoms. The number of aryl methyl sites for hydroxylation is 1. The normalized spacial score (nSPS) is 25.1. The van der Waals surface area contributed by atoms with E-state index in [0.717, 1.165) is 6.54 Å². The maximum Gasteiger partial charge on any atom is 0.00532 e. The first-order valence-electron chi connectivity index (χ1n) is 4.55. The molecule has 0 radical (unpaired) electrons. The highest BCUT2D eigenvalue weighted by Gasteiger charge is 2.32. The molecule has 1 nitrogen and oxygen atoms in total. The molecule has 1 atom stereocenters. The average Bonchev–Trinajstić information content (AvgIpc) is 2.46. The molecule has 0 amide bonds. The second-order valence-corrected chi connectivity index (χ2v) is 3.92. The minimum atomic E-state index is 0. The van der Waals surface area contributed by atoms with Crippen LogP contribution < -0.4 is 5.73 Å². The van der Waals surface area contributed by atoms with E-state index in [4.69, 9.17) is 5.73 Å². The maximum atomic E-state index is 5.78. The van der Waals surface area contributed by atoms with Crippen molar-refractivity contribution < 1.29 is 0 Å². The fraction of sp³-hybridized carbons (Fsp3) is 0.455. The van der Waals surface area contributed by atoms with Gasteiger partial charge in [-0.1, -0.05) is 31.2 Å². The summed E-state index contributed by atoms with van der Waals surface area (Å²) >= 11 is 0. The number of rotatable bonds is 1. The van der Waals surface area contributed by atoms with Gasteiger partial charge in [0.1, 0.15) is 0 Å². The monoisotopic (exact) mass is 197 g/mol. The molecule has 0 bridgehead atoms. The van der Waals surface area contributed by atoms with Crippen molar-refractivity contribution in [2.45, 2.75) is 25.2 Å². The van der Waals surface area contributed by atoms with Gasteiger partial charge in [-0.15, -0.1) is 12.4 Å². The molecule has 13 heavy (non-hydrogen) atoms.